The number of aliphatic imine (C=N–C) groups is 1. The number of allylic oxidation sites excluding steroid dienone is 1. The highest BCUT2D eigenvalue weighted by atomic mass is 19.3. The Bertz CT molecular complexity index is 912. The molecule has 1 aliphatic rings. The first-order chi connectivity index (χ1) is 15.5. The van der Waals surface area contributed by atoms with Crippen molar-refractivity contribution < 1.29 is 33.1 Å². The lowest BCUT2D eigenvalue weighted by Crippen LogP contribution is -2.47. The molecule has 1 unspecified atom stereocenters. The minimum atomic E-state index is -2.93. The van der Waals surface area contributed by atoms with Crippen LogP contribution in [0, 0.1) is 0 Å². The molecule has 3 N–H and O–H groups in total. The van der Waals surface area contributed by atoms with Crippen LogP contribution in [0.25, 0.3) is 0 Å². The molecular weight excluding hydrogens is 438 g/mol. The first-order valence-corrected chi connectivity index (χ1v) is 10.4. The summed E-state index contributed by atoms with van der Waals surface area (Å²) in [6.07, 6.45) is 0.930. The largest absolute Gasteiger partial charge is 0.493 e. The normalized spacial score (nSPS) is 19.3. The van der Waals surface area contributed by atoms with Crippen LogP contribution in [0.4, 0.5) is 8.78 Å². The van der Waals surface area contributed by atoms with Gasteiger partial charge in [-0.25, -0.2) is 8.78 Å². The number of hydrogen-bond acceptors (Lipinski definition) is 7. The summed E-state index contributed by atoms with van der Waals surface area (Å²) in [5, 5.41) is 15.4. The number of nitrogens with one attached hydrogen (secondary N) is 2. The van der Waals surface area contributed by atoms with E-state index >= 15 is 0 Å². The Kier molecular flexibility index (Phi) is 9.30. The van der Waals surface area contributed by atoms with Gasteiger partial charge in [0.15, 0.2) is 6.61 Å². The summed E-state index contributed by atoms with van der Waals surface area (Å²) >= 11 is 0. The van der Waals surface area contributed by atoms with Crippen molar-refractivity contribution >= 4 is 17.5 Å². The van der Waals surface area contributed by atoms with Crippen molar-refractivity contribution in [3.8, 4) is 11.5 Å². The van der Waals surface area contributed by atoms with Crippen LogP contribution >= 0.6 is 0 Å². The van der Waals surface area contributed by atoms with Crippen molar-refractivity contribution in [3.05, 3.63) is 35.5 Å². The molecule has 0 saturated carbocycles. The van der Waals surface area contributed by atoms with Crippen molar-refractivity contribution in [1.82, 2.24) is 15.7 Å². The summed E-state index contributed by atoms with van der Waals surface area (Å²) in [6, 6.07) is 6.20. The van der Waals surface area contributed by atoms with Crippen LogP contribution in [0.3, 0.4) is 0 Å². The number of benzene rings is 1. The Morgan fingerprint density at radius 3 is 2.64 bits per heavy atom. The monoisotopic (exact) mass is 468 g/mol. The minimum Gasteiger partial charge on any atom is -0.493 e. The second-order valence-electron chi connectivity index (χ2n) is 7.88. The van der Waals surface area contributed by atoms with E-state index < -0.39 is 18.4 Å². The second-order valence-corrected chi connectivity index (χ2v) is 7.88. The third kappa shape index (κ3) is 8.78. The quantitative estimate of drug-likeness (QED) is 0.358. The summed E-state index contributed by atoms with van der Waals surface area (Å²) < 4.78 is 36.7. The summed E-state index contributed by atoms with van der Waals surface area (Å²) in [4.78, 5) is 28.8. The topological polar surface area (TPSA) is 112 Å². The van der Waals surface area contributed by atoms with E-state index in [-0.39, 0.29) is 30.9 Å². The Hall–Kier alpha value is -3.05. The number of alkyl halides is 2. The van der Waals surface area contributed by atoms with Gasteiger partial charge in [0, 0.05) is 51.7 Å². The molecule has 0 spiro atoms. The van der Waals surface area contributed by atoms with E-state index in [0.717, 1.165) is 12.0 Å². The molecule has 0 aliphatic carbocycles. The number of amides is 2. The van der Waals surface area contributed by atoms with Crippen molar-refractivity contribution in [1.29, 1.82) is 0 Å². The van der Waals surface area contributed by atoms with Crippen LogP contribution in [-0.2, 0) is 9.59 Å². The maximum Gasteiger partial charge on any atom is 0.278 e. The highest BCUT2D eigenvalue weighted by molar-refractivity contribution is 6.24. The molecule has 1 atom stereocenters. The van der Waals surface area contributed by atoms with Gasteiger partial charge >= 0.3 is 0 Å². The lowest BCUT2D eigenvalue weighted by atomic mass is 9.94. The average molecular weight is 469 g/mol. The number of ether oxygens (including phenoxy) is 2. The van der Waals surface area contributed by atoms with Crippen LogP contribution in [0.5, 0.6) is 11.5 Å². The standard InChI is InChI=1S/C22H30F2N4O5/c1-14(26-19(29)12-28(4)31)20-18(25-3)10-15(27-21(20)30)8-9-32-16-6-5-7-17(11-16)33-13-22(2,23)24/h5-7,11,15,31H,8-10,12-13H2,1-4H3,(H,26,29)(H,27,30)/b20-14-,25-18?. The number of piperidine rings is 1. The zero-order valence-corrected chi connectivity index (χ0v) is 19.2. The Morgan fingerprint density at radius 1 is 1.36 bits per heavy atom. The molecule has 33 heavy (non-hydrogen) atoms. The van der Waals surface area contributed by atoms with E-state index in [0.29, 0.717) is 35.6 Å². The van der Waals surface area contributed by atoms with Crippen LogP contribution in [0.1, 0.15) is 26.7 Å². The fourth-order valence-corrected chi connectivity index (χ4v) is 3.24. The molecule has 0 aromatic heterocycles. The second kappa shape index (κ2) is 11.7. The number of rotatable bonds is 10. The zero-order chi connectivity index (χ0) is 24.6. The number of hydroxylamine groups is 2. The van der Waals surface area contributed by atoms with Gasteiger partial charge in [0.25, 0.3) is 11.8 Å². The van der Waals surface area contributed by atoms with Gasteiger partial charge in [0.1, 0.15) is 18.0 Å². The highest BCUT2D eigenvalue weighted by Crippen LogP contribution is 2.23. The van der Waals surface area contributed by atoms with E-state index in [4.69, 9.17) is 9.47 Å². The maximum absolute atomic E-state index is 13.0. The lowest BCUT2D eigenvalue weighted by molar-refractivity contribution is -0.132. The van der Waals surface area contributed by atoms with Gasteiger partial charge in [-0.05, 0) is 19.1 Å². The number of nitrogens with zero attached hydrogens (tertiary/aromatic N) is 2. The molecule has 1 heterocycles. The third-order valence-corrected chi connectivity index (χ3v) is 4.67. The number of carbonyl (C=O) groups excluding carboxylic acids is 2. The predicted molar refractivity (Wildman–Crippen MR) is 118 cm³/mol. The molecule has 0 bridgehead atoms. The van der Waals surface area contributed by atoms with Gasteiger partial charge < -0.3 is 25.3 Å². The highest BCUT2D eigenvalue weighted by Gasteiger charge is 2.30. The molecule has 2 rings (SSSR count). The predicted octanol–water partition coefficient (Wildman–Crippen LogP) is 2.16. The Morgan fingerprint density at radius 2 is 2.03 bits per heavy atom. The number of hydrogen-bond donors (Lipinski definition) is 3. The van der Waals surface area contributed by atoms with Crippen LogP contribution < -0.4 is 20.1 Å². The number of halogens is 2. The first-order valence-electron chi connectivity index (χ1n) is 10.4. The van der Waals surface area contributed by atoms with E-state index in [1.165, 1.54) is 13.1 Å². The van der Waals surface area contributed by atoms with E-state index in [9.17, 15) is 23.6 Å². The third-order valence-electron chi connectivity index (χ3n) is 4.67. The summed E-state index contributed by atoms with van der Waals surface area (Å²) in [5.41, 5.74) is 1.19. The first kappa shape index (κ1) is 26.2. The molecule has 1 aromatic carbocycles. The minimum absolute atomic E-state index is 0.231. The summed E-state index contributed by atoms with van der Waals surface area (Å²) in [6.45, 7) is 1.69. The van der Waals surface area contributed by atoms with Gasteiger partial charge in [0.05, 0.1) is 17.9 Å². The molecule has 9 nitrogen and oxygen atoms in total. The lowest BCUT2D eigenvalue weighted by Gasteiger charge is -2.28. The molecule has 0 radical (unpaired) electrons. The smallest absolute Gasteiger partial charge is 0.278 e. The van der Waals surface area contributed by atoms with Gasteiger partial charge in [-0.2, -0.15) is 5.06 Å². The van der Waals surface area contributed by atoms with Crippen molar-refractivity contribution in [3.63, 3.8) is 0 Å². The summed E-state index contributed by atoms with van der Waals surface area (Å²) in [7, 11) is 2.91. The maximum atomic E-state index is 13.0. The molecule has 2 amide bonds. The van der Waals surface area contributed by atoms with E-state index in [2.05, 4.69) is 15.6 Å². The van der Waals surface area contributed by atoms with Gasteiger partial charge in [-0.15, -0.1) is 0 Å². The molecule has 1 aliphatic heterocycles. The van der Waals surface area contributed by atoms with E-state index in [1.807, 2.05) is 0 Å². The summed E-state index contributed by atoms with van der Waals surface area (Å²) in [5.74, 6) is -3.01. The zero-order valence-electron chi connectivity index (χ0n) is 19.2. The molecule has 182 valence electrons. The van der Waals surface area contributed by atoms with Crippen molar-refractivity contribution in [2.75, 3.05) is 33.9 Å². The van der Waals surface area contributed by atoms with Crippen molar-refractivity contribution in [2.45, 2.75) is 38.7 Å². The Labute approximate surface area is 191 Å². The van der Waals surface area contributed by atoms with Crippen LogP contribution in [-0.4, -0.2) is 73.6 Å². The van der Waals surface area contributed by atoms with Gasteiger partial charge in [-0.3, -0.25) is 14.6 Å². The fraction of sp³-hybridized carbons (Fsp3) is 0.500. The van der Waals surface area contributed by atoms with Crippen LogP contribution in [0.15, 0.2) is 40.5 Å². The fourth-order valence-electron chi connectivity index (χ4n) is 3.24. The molecule has 11 heteroatoms. The van der Waals surface area contributed by atoms with E-state index in [1.54, 1.807) is 32.2 Å². The van der Waals surface area contributed by atoms with Gasteiger partial charge in [-0.1, -0.05) is 6.07 Å². The Balaban J connectivity index is 1.93. The molecule has 1 aromatic rings. The van der Waals surface area contributed by atoms with Crippen LogP contribution in [0.2, 0.25) is 0 Å². The molecule has 1 saturated heterocycles. The average Bonchev–Trinajstić information content (AvgIpc) is 2.70. The molecule has 1 fully saturated rings. The SMILES string of the molecule is CN=C1CC(CCOc2cccc(OCC(C)(F)F)c2)NC(=O)/C1=C(/C)NC(=O)CN(C)O. The van der Waals surface area contributed by atoms with Gasteiger partial charge in [0.2, 0.25) is 5.91 Å². The number of likely N-dealkylation sites (N-methyl/N-ethyl adjacent to an activating group) is 1. The number of carbonyl (C=O) groups is 2. The molecular formula is C22H30F2N4O5. The van der Waals surface area contributed by atoms with Crippen molar-refractivity contribution in [2.24, 2.45) is 4.99 Å².